The zero-order chi connectivity index (χ0) is 38.8. The molecule has 3 heteroatoms. The Morgan fingerprint density at radius 2 is 1.22 bits per heavy atom. The SMILES string of the molecule is CC1C=CC=C2c3c4c(cc5c3oc3ccccc35)C3(c5ccccc5-c5ccc(-c6cccc(N(c7ccccc7)c7ccccc7)c6)cc53)c3ccccc3N4C21. The van der Waals surface area contributed by atoms with E-state index in [9.17, 15) is 0 Å². The number of allylic oxidation sites excluding steroid dienone is 2. The van der Waals surface area contributed by atoms with Gasteiger partial charge in [0.05, 0.1) is 17.1 Å². The summed E-state index contributed by atoms with van der Waals surface area (Å²) in [5.74, 6) is 0.310. The van der Waals surface area contributed by atoms with Crippen LogP contribution in [-0.2, 0) is 5.41 Å². The van der Waals surface area contributed by atoms with E-state index in [1.807, 2.05) is 0 Å². The molecule has 0 bridgehead atoms. The predicted molar refractivity (Wildman–Crippen MR) is 243 cm³/mol. The highest BCUT2D eigenvalue weighted by Gasteiger charge is 2.56. The zero-order valence-electron chi connectivity index (χ0n) is 32.5. The van der Waals surface area contributed by atoms with E-state index in [4.69, 9.17) is 4.42 Å². The molecule has 3 heterocycles. The molecule has 0 amide bonds. The number of furan rings is 1. The third-order valence-electron chi connectivity index (χ3n) is 13.4. The molecule has 278 valence electrons. The molecule has 8 aromatic carbocycles. The third-order valence-corrected chi connectivity index (χ3v) is 13.4. The van der Waals surface area contributed by atoms with Crippen molar-refractivity contribution in [3.8, 4) is 22.3 Å². The first kappa shape index (κ1) is 32.7. The molecule has 0 N–H and O–H groups in total. The molecule has 4 aliphatic rings. The molecule has 13 rings (SSSR count). The van der Waals surface area contributed by atoms with E-state index in [1.165, 1.54) is 72.4 Å². The van der Waals surface area contributed by atoms with Crippen molar-refractivity contribution in [1.29, 1.82) is 0 Å². The van der Waals surface area contributed by atoms with Crippen molar-refractivity contribution in [1.82, 2.24) is 0 Å². The minimum Gasteiger partial charge on any atom is -0.455 e. The summed E-state index contributed by atoms with van der Waals surface area (Å²) in [5, 5.41) is 2.33. The summed E-state index contributed by atoms with van der Waals surface area (Å²) in [6.45, 7) is 2.36. The van der Waals surface area contributed by atoms with E-state index < -0.39 is 5.41 Å². The lowest BCUT2D eigenvalue weighted by molar-refractivity contribution is 0.621. The molecule has 2 aliphatic carbocycles. The molecule has 1 spiro atoms. The molecule has 0 saturated carbocycles. The van der Waals surface area contributed by atoms with Gasteiger partial charge in [-0.3, -0.25) is 0 Å². The third kappa shape index (κ3) is 4.31. The lowest BCUT2D eigenvalue weighted by Crippen LogP contribution is -2.41. The topological polar surface area (TPSA) is 19.6 Å². The van der Waals surface area contributed by atoms with Crippen LogP contribution in [0.4, 0.5) is 28.4 Å². The maximum absolute atomic E-state index is 6.91. The largest absolute Gasteiger partial charge is 0.455 e. The standard InChI is InChI=1S/C56H38N2O/c1-35-16-14-25-44-52-54-49(34-45-43-24-9-13-29-51(43)59-55(45)52)56(47-27-11-12-28-50(47)58(54)53(35)44)46-26-10-8-23-41(46)42-31-30-37(33-48(42)56)36-17-15-22-40(32-36)57(38-18-4-2-5-19-38)39-20-6-3-7-21-39/h2-35,53H,1H3. The first-order valence-electron chi connectivity index (χ1n) is 20.7. The van der Waals surface area contributed by atoms with E-state index in [2.05, 4.69) is 217 Å². The summed E-state index contributed by atoms with van der Waals surface area (Å²) in [5.41, 5.74) is 20.1. The highest BCUT2D eigenvalue weighted by molar-refractivity contribution is 6.16. The van der Waals surface area contributed by atoms with Crippen molar-refractivity contribution < 1.29 is 4.42 Å². The van der Waals surface area contributed by atoms with Crippen LogP contribution in [0.3, 0.4) is 0 Å². The second-order valence-electron chi connectivity index (χ2n) is 16.4. The highest BCUT2D eigenvalue weighted by atomic mass is 16.3. The monoisotopic (exact) mass is 754 g/mol. The number of nitrogens with zero attached hydrogens (tertiary/aromatic N) is 2. The quantitative estimate of drug-likeness (QED) is 0.178. The fourth-order valence-corrected chi connectivity index (χ4v) is 11.1. The van der Waals surface area contributed by atoms with Crippen molar-refractivity contribution >= 4 is 55.9 Å². The fraction of sp³-hybridized carbons (Fsp3) is 0.0714. The van der Waals surface area contributed by atoms with Crippen molar-refractivity contribution in [2.75, 3.05) is 9.80 Å². The normalized spacial score (nSPS) is 19.0. The van der Waals surface area contributed by atoms with E-state index in [0.29, 0.717) is 5.92 Å². The van der Waals surface area contributed by atoms with Gasteiger partial charge in [0.15, 0.2) is 0 Å². The van der Waals surface area contributed by atoms with Crippen molar-refractivity contribution in [2.45, 2.75) is 18.4 Å². The van der Waals surface area contributed by atoms with Crippen LogP contribution >= 0.6 is 0 Å². The van der Waals surface area contributed by atoms with E-state index in [-0.39, 0.29) is 6.04 Å². The Hall–Kier alpha value is -7.36. The predicted octanol–water partition coefficient (Wildman–Crippen LogP) is 14.5. The van der Waals surface area contributed by atoms with Crippen LogP contribution in [0.5, 0.6) is 0 Å². The summed E-state index contributed by atoms with van der Waals surface area (Å²) in [4.78, 5) is 5.01. The maximum atomic E-state index is 6.91. The van der Waals surface area contributed by atoms with Gasteiger partial charge in [-0.25, -0.2) is 0 Å². The van der Waals surface area contributed by atoms with Gasteiger partial charge in [-0.05, 0) is 117 Å². The molecular weight excluding hydrogens is 717 g/mol. The van der Waals surface area contributed by atoms with Crippen LogP contribution in [0.1, 0.15) is 34.7 Å². The second-order valence-corrected chi connectivity index (χ2v) is 16.4. The highest BCUT2D eigenvalue weighted by Crippen LogP contribution is 2.67. The lowest BCUT2D eigenvalue weighted by Gasteiger charge is -2.46. The molecule has 3 unspecified atom stereocenters. The van der Waals surface area contributed by atoms with Gasteiger partial charge in [0.2, 0.25) is 0 Å². The average molecular weight is 755 g/mol. The van der Waals surface area contributed by atoms with Crippen LogP contribution in [0.15, 0.2) is 205 Å². The minimum absolute atomic E-state index is 0.161. The van der Waals surface area contributed by atoms with Crippen LogP contribution in [0, 0.1) is 5.92 Å². The molecular formula is C56H38N2O. The van der Waals surface area contributed by atoms with Gasteiger partial charge in [-0.1, -0.05) is 146 Å². The van der Waals surface area contributed by atoms with Gasteiger partial charge < -0.3 is 14.2 Å². The summed E-state index contributed by atoms with van der Waals surface area (Å²) >= 11 is 0. The lowest BCUT2D eigenvalue weighted by atomic mass is 9.64. The molecule has 9 aromatic rings. The first-order chi connectivity index (χ1) is 29.2. The maximum Gasteiger partial charge on any atom is 0.145 e. The van der Waals surface area contributed by atoms with Gasteiger partial charge in [0.1, 0.15) is 11.2 Å². The van der Waals surface area contributed by atoms with E-state index in [0.717, 1.165) is 33.6 Å². The number of hydrogen-bond donors (Lipinski definition) is 0. The molecule has 1 aromatic heterocycles. The van der Waals surface area contributed by atoms with Crippen molar-refractivity contribution in [2.24, 2.45) is 5.92 Å². The van der Waals surface area contributed by atoms with Crippen LogP contribution in [0.2, 0.25) is 0 Å². The van der Waals surface area contributed by atoms with Crippen LogP contribution in [0.25, 0.3) is 49.8 Å². The summed E-state index contributed by atoms with van der Waals surface area (Å²) in [6, 6.07) is 67.1. The Morgan fingerprint density at radius 1 is 0.542 bits per heavy atom. The molecule has 0 saturated heterocycles. The first-order valence-corrected chi connectivity index (χ1v) is 20.7. The number of hydrogen-bond acceptors (Lipinski definition) is 3. The number of fused-ring (bicyclic) bond motifs is 16. The van der Waals surface area contributed by atoms with Gasteiger partial charge in [0.25, 0.3) is 0 Å². The fourth-order valence-electron chi connectivity index (χ4n) is 11.1. The molecule has 0 radical (unpaired) electrons. The number of benzene rings is 8. The number of anilines is 5. The van der Waals surface area contributed by atoms with Crippen molar-refractivity contribution in [3.05, 3.63) is 228 Å². The Kier molecular flexibility index (Phi) is 6.69. The molecule has 3 atom stereocenters. The number of para-hydroxylation sites is 4. The summed E-state index contributed by atoms with van der Waals surface area (Å²) < 4.78 is 6.91. The Labute approximate surface area is 343 Å². The van der Waals surface area contributed by atoms with E-state index in [1.54, 1.807) is 0 Å². The smallest absolute Gasteiger partial charge is 0.145 e. The Bertz CT molecular complexity index is 3230. The molecule has 3 nitrogen and oxygen atoms in total. The number of rotatable bonds is 4. The van der Waals surface area contributed by atoms with Gasteiger partial charge in [-0.2, -0.15) is 0 Å². The van der Waals surface area contributed by atoms with Crippen molar-refractivity contribution in [3.63, 3.8) is 0 Å². The Balaban J connectivity index is 1.10. The van der Waals surface area contributed by atoms with Gasteiger partial charge >= 0.3 is 0 Å². The molecule has 0 fully saturated rings. The van der Waals surface area contributed by atoms with Crippen LogP contribution < -0.4 is 9.80 Å². The average Bonchev–Trinajstić information content (AvgIpc) is 3.94. The molecule has 59 heavy (non-hydrogen) atoms. The van der Waals surface area contributed by atoms with E-state index >= 15 is 0 Å². The minimum atomic E-state index is -0.575. The van der Waals surface area contributed by atoms with Crippen LogP contribution in [-0.4, -0.2) is 6.04 Å². The van der Waals surface area contributed by atoms with Gasteiger partial charge in [0, 0.05) is 39.1 Å². The molecule has 2 aliphatic heterocycles. The zero-order valence-corrected chi connectivity index (χ0v) is 32.5. The van der Waals surface area contributed by atoms with Gasteiger partial charge in [-0.15, -0.1) is 0 Å². The Morgan fingerprint density at radius 3 is 2.05 bits per heavy atom. The second kappa shape index (κ2) is 12.1. The summed E-state index contributed by atoms with van der Waals surface area (Å²) in [7, 11) is 0. The summed E-state index contributed by atoms with van der Waals surface area (Å²) in [6.07, 6.45) is 6.96.